The van der Waals surface area contributed by atoms with Gasteiger partial charge in [0.05, 0.1) is 25.9 Å². The average molecular weight is 401 g/mol. The van der Waals surface area contributed by atoms with Gasteiger partial charge in [-0.15, -0.1) is 0 Å². The topological polar surface area (TPSA) is 86.6 Å². The Morgan fingerprint density at radius 3 is 2.86 bits per heavy atom. The van der Waals surface area contributed by atoms with Crippen LogP contribution in [0.1, 0.15) is 37.4 Å². The van der Waals surface area contributed by atoms with Crippen LogP contribution in [-0.4, -0.2) is 56.8 Å². The molecule has 1 heterocycles. The molecule has 1 saturated heterocycles. The lowest BCUT2D eigenvalue weighted by Gasteiger charge is -2.26. The fourth-order valence-corrected chi connectivity index (χ4v) is 3.20. The Labute approximate surface area is 173 Å². The summed E-state index contributed by atoms with van der Waals surface area (Å²) in [5, 5.41) is 15.3. The summed E-state index contributed by atoms with van der Waals surface area (Å²) in [7, 11) is 0. The van der Waals surface area contributed by atoms with Crippen LogP contribution in [0.15, 0.2) is 30.0 Å². The Kier molecular flexibility index (Phi) is 9.48. The Hall–Kier alpha value is -2.56. The van der Waals surface area contributed by atoms with Gasteiger partial charge in [-0.1, -0.05) is 17.7 Å². The number of hydrogen-bond acceptors (Lipinski definition) is 6. The summed E-state index contributed by atoms with van der Waals surface area (Å²) in [4.78, 5) is 14.9. The monoisotopic (exact) mass is 400 g/mol. The van der Waals surface area contributed by atoms with E-state index in [2.05, 4.69) is 15.5 Å². The zero-order valence-electron chi connectivity index (χ0n) is 17.7. The van der Waals surface area contributed by atoms with E-state index in [1.165, 1.54) is 6.20 Å². The lowest BCUT2D eigenvalue weighted by Crippen LogP contribution is -2.37. The molecule has 0 aliphatic carbocycles. The molecule has 7 heteroatoms. The number of carbonyl (C=O) groups excluding carboxylic acids is 1. The van der Waals surface area contributed by atoms with E-state index in [1.807, 2.05) is 45.0 Å². The van der Waals surface area contributed by atoms with E-state index in [-0.39, 0.29) is 11.6 Å². The molecule has 0 aromatic heterocycles. The third-order valence-corrected chi connectivity index (χ3v) is 4.79. The summed E-state index contributed by atoms with van der Waals surface area (Å²) >= 11 is 0. The van der Waals surface area contributed by atoms with Crippen molar-refractivity contribution < 1.29 is 14.3 Å². The normalized spacial score (nSPS) is 16.0. The highest BCUT2D eigenvalue weighted by atomic mass is 16.5. The number of nitriles is 1. The number of amides is 1. The number of ether oxygens (including phenoxy) is 2. The molecule has 29 heavy (non-hydrogen) atoms. The number of carbonyl (C=O) groups is 1. The molecule has 1 atom stereocenters. The van der Waals surface area contributed by atoms with Gasteiger partial charge in [0, 0.05) is 31.4 Å². The second kappa shape index (κ2) is 12.1. The molecule has 1 unspecified atom stereocenters. The zero-order valence-corrected chi connectivity index (χ0v) is 17.7. The summed E-state index contributed by atoms with van der Waals surface area (Å²) in [6, 6.07) is 7.59. The molecule has 0 radical (unpaired) electrons. The van der Waals surface area contributed by atoms with Gasteiger partial charge in [0.15, 0.2) is 0 Å². The fourth-order valence-electron chi connectivity index (χ4n) is 3.20. The van der Waals surface area contributed by atoms with Crippen molar-refractivity contribution in [3.63, 3.8) is 0 Å². The molecular weight excluding hydrogens is 368 g/mol. The van der Waals surface area contributed by atoms with E-state index in [4.69, 9.17) is 9.47 Å². The van der Waals surface area contributed by atoms with Crippen molar-refractivity contribution in [2.24, 2.45) is 0 Å². The van der Waals surface area contributed by atoms with Gasteiger partial charge >= 0.3 is 0 Å². The van der Waals surface area contributed by atoms with Gasteiger partial charge in [-0.25, -0.2) is 0 Å². The minimum Gasteiger partial charge on any atom is -0.494 e. The van der Waals surface area contributed by atoms with Crippen molar-refractivity contribution in [2.75, 3.05) is 46.0 Å². The first-order valence-corrected chi connectivity index (χ1v) is 10.2. The number of hydrogen-bond donors (Lipinski definition) is 2. The van der Waals surface area contributed by atoms with E-state index in [1.54, 1.807) is 0 Å². The molecule has 0 spiro atoms. The third kappa shape index (κ3) is 7.41. The molecule has 0 bridgehead atoms. The number of morpholine rings is 1. The maximum Gasteiger partial charge on any atom is 0.263 e. The summed E-state index contributed by atoms with van der Waals surface area (Å²) in [6.07, 6.45) is 2.44. The number of nitrogens with one attached hydrogen (secondary N) is 2. The predicted molar refractivity (Wildman–Crippen MR) is 112 cm³/mol. The largest absolute Gasteiger partial charge is 0.494 e. The molecule has 158 valence electrons. The maximum absolute atomic E-state index is 12.5. The maximum atomic E-state index is 12.5. The van der Waals surface area contributed by atoms with Crippen LogP contribution in [0.2, 0.25) is 0 Å². The van der Waals surface area contributed by atoms with Crippen molar-refractivity contribution in [3.8, 4) is 11.8 Å². The number of rotatable bonds is 10. The summed E-state index contributed by atoms with van der Waals surface area (Å²) in [6.45, 7) is 11.5. The standard InChI is InChI=1S/C22H32N4O3/c1-4-29-21-7-6-17(2)14-20(21)18(3)25-22(27)19(15-23)16-24-8-5-9-26-10-12-28-13-11-26/h6-7,14,16,18,24H,4-5,8-13H2,1-3H3,(H,25,27)/b19-16-. The molecule has 1 aliphatic rings. The first-order chi connectivity index (χ1) is 14.0. The lowest BCUT2D eigenvalue weighted by molar-refractivity contribution is -0.117. The van der Waals surface area contributed by atoms with Crippen molar-refractivity contribution in [1.82, 2.24) is 15.5 Å². The zero-order chi connectivity index (χ0) is 21.1. The van der Waals surface area contributed by atoms with Crippen molar-refractivity contribution >= 4 is 5.91 Å². The minimum atomic E-state index is -0.398. The van der Waals surface area contributed by atoms with Crippen molar-refractivity contribution in [3.05, 3.63) is 41.1 Å². The Bertz CT molecular complexity index is 736. The van der Waals surface area contributed by atoms with Crippen molar-refractivity contribution in [2.45, 2.75) is 33.2 Å². The van der Waals surface area contributed by atoms with Gasteiger partial charge in [0.25, 0.3) is 5.91 Å². The van der Waals surface area contributed by atoms with Crippen LogP contribution < -0.4 is 15.4 Å². The van der Waals surface area contributed by atoms with Crippen molar-refractivity contribution in [1.29, 1.82) is 5.26 Å². The molecule has 2 N–H and O–H groups in total. The van der Waals surface area contributed by atoms with Gasteiger partial charge in [-0.05, 0) is 39.8 Å². The van der Waals surface area contributed by atoms with Crippen LogP contribution in [0.5, 0.6) is 5.75 Å². The van der Waals surface area contributed by atoms with Crippen LogP contribution in [0.3, 0.4) is 0 Å². The van der Waals surface area contributed by atoms with Crippen LogP contribution in [0.25, 0.3) is 0 Å². The second-order valence-corrected chi connectivity index (χ2v) is 7.10. The van der Waals surface area contributed by atoms with Crippen LogP contribution >= 0.6 is 0 Å². The third-order valence-electron chi connectivity index (χ3n) is 4.79. The highest BCUT2D eigenvalue weighted by Crippen LogP contribution is 2.26. The lowest BCUT2D eigenvalue weighted by atomic mass is 10.0. The Morgan fingerprint density at radius 2 is 2.17 bits per heavy atom. The van der Waals surface area contributed by atoms with E-state index in [0.29, 0.717) is 13.2 Å². The Balaban J connectivity index is 1.86. The second-order valence-electron chi connectivity index (χ2n) is 7.10. The average Bonchev–Trinajstić information content (AvgIpc) is 2.72. The van der Waals surface area contributed by atoms with Crippen LogP contribution in [-0.2, 0) is 9.53 Å². The van der Waals surface area contributed by atoms with Gasteiger partial charge in [0.1, 0.15) is 17.4 Å². The first-order valence-electron chi connectivity index (χ1n) is 10.2. The van der Waals surface area contributed by atoms with Gasteiger partial charge in [0.2, 0.25) is 0 Å². The summed E-state index contributed by atoms with van der Waals surface area (Å²) in [5.41, 5.74) is 2.05. The minimum absolute atomic E-state index is 0.0637. The molecule has 0 saturated carbocycles. The number of aryl methyl sites for hydroxylation is 1. The molecule has 1 aliphatic heterocycles. The smallest absolute Gasteiger partial charge is 0.263 e. The van der Waals surface area contributed by atoms with E-state index in [9.17, 15) is 10.1 Å². The molecule has 1 aromatic carbocycles. The number of benzene rings is 1. The van der Waals surface area contributed by atoms with E-state index >= 15 is 0 Å². The number of nitrogens with zero attached hydrogens (tertiary/aromatic N) is 2. The van der Waals surface area contributed by atoms with E-state index < -0.39 is 5.91 Å². The van der Waals surface area contributed by atoms with Crippen LogP contribution in [0, 0.1) is 18.3 Å². The van der Waals surface area contributed by atoms with Gasteiger partial charge in [-0.3, -0.25) is 9.69 Å². The highest BCUT2D eigenvalue weighted by Gasteiger charge is 2.17. The van der Waals surface area contributed by atoms with E-state index in [0.717, 1.165) is 56.1 Å². The van der Waals surface area contributed by atoms with Crippen LogP contribution in [0.4, 0.5) is 0 Å². The first kappa shape index (κ1) is 22.7. The fraction of sp³-hybridized carbons (Fsp3) is 0.545. The predicted octanol–water partition coefficient (Wildman–Crippen LogP) is 2.29. The SMILES string of the molecule is CCOc1ccc(C)cc1C(C)NC(=O)/C(C#N)=C\NCCCN1CCOCC1. The molecule has 2 rings (SSSR count). The molecule has 1 amide bonds. The molecule has 7 nitrogen and oxygen atoms in total. The highest BCUT2D eigenvalue weighted by molar-refractivity contribution is 5.97. The molecule has 1 fully saturated rings. The summed E-state index contributed by atoms with van der Waals surface area (Å²) < 4.78 is 11.0. The molecule has 1 aromatic rings. The summed E-state index contributed by atoms with van der Waals surface area (Å²) in [5.74, 6) is 0.347. The molecular formula is C22H32N4O3. The quantitative estimate of drug-likeness (QED) is 0.356. The van der Waals surface area contributed by atoms with Gasteiger partial charge < -0.3 is 20.1 Å². The Morgan fingerprint density at radius 1 is 1.41 bits per heavy atom. The van der Waals surface area contributed by atoms with Gasteiger partial charge in [-0.2, -0.15) is 5.26 Å².